The molecule has 1 atom stereocenters. The molecule has 23 heavy (non-hydrogen) atoms. The van der Waals surface area contributed by atoms with Crippen LogP contribution in [0.5, 0.6) is 0 Å². The zero-order valence-corrected chi connectivity index (χ0v) is 12.8. The number of rotatable bonds is 6. The summed E-state index contributed by atoms with van der Waals surface area (Å²) in [5, 5.41) is 6.73. The number of amides is 4. The highest BCUT2D eigenvalue weighted by molar-refractivity contribution is 5.97. The zero-order chi connectivity index (χ0) is 17.2. The monoisotopic (exact) mass is 322 g/mol. The SMILES string of the molecule is CNC(=O)NC(=O)[C@H](C)OC(=O)CCNC(=O)c1ccncc1. The Kier molecular flexibility index (Phi) is 7.18. The Labute approximate surface area is 132 Å². The van der Waals surface area contributed by atoms with E-state index in [-0.39, 0.29) is 18.9 Å². The maximum absolute atomic E-state index is 11.7. The van der Waals surface area contributed by atoms with Crippen LogP contribution >= 0.6 is 0 Å². The molecule has 9 heteroatoms. The van der Waals surface area contributed by atoms with E-state index in [1.165, 1.54) is 26.4 Å². The van der Waals surface area contributed by atoms with Gasteiger partial charge in [0.1, 0.15) is 0 Å². The topological polar surface area (TPSA) is 126 Å². The molecular formula is C14H18N4O5. The van der Waals surface area contributed by atoms with Crippen molar-refractivity contribution < 1.29 is 23.9 Å². The molecule has 3 N–H and O–H groups in total. The number of pyridine rings is 1. The summed E-state index contributed by atoms with van der Waals surface area (Å²) in [6, 6.07) is 2.39. The lowest BCUT2D eigenvalue weighted by Crippen LogP contribution is -2.43. The summed E-state index contributed by atoms with van der Waals surface area (Å²) in [5.74, 6) is -1.75. The third kappa shape index (κ3) is 6.55. The minimum atomic E-state index is -1.12. The largest absolute Gasteiger partial charge is 0.452 e. The molecule has 0 aromatic carbocycles. The number of carbonyl (C=O) groups is 4. The van der Waals surface area contributed by atoms with Gasteiger partial charge in [-0.1, -0.05) is 0 Å². The van der Waals surface area contributed by atoms with E-state index in [0.29, 0.717) is 5.56 Å². The third-order valence-electron chi connectivity index (χ3n) is 2.70. The Bertz CT molecular complexity index is 576. The molecule has 0 aliphatic carbocycles. The van der Waals surface area contributed by atoms with E-state index in [9.17, 15) is 19.2 Å². The number of nitrogens with one attached hydrogen (secondary N) is 3. The summed E-state index contributed by atoms with van der Waals surface area (Å²) >= 11 is 0. The minimum Gasteiger partial charge on any atom is -0.452 e. The van der Waals surface area contributed by atoms with Crippen molar-refractivity contribution in [2.75, 3.05) is 13.6 Å². The molecule has 4 amide bonds. The first-order chi connectivity index (χ1) is 10.9. The minimum absolute atomic E-state index is 0.0593. The molecule has 0 saturated heterocycles. The summed E-state index contributed by atoms with van der Waals surface area (Å²) in [6.07, 6.45) is 1.75. The lowest BCUT2D eigenvalue weighted by molar-refractivity contribution is -0.154. The van der Waals surface area contributed by atoms with Crippen molar-refractivity contribution in [1.29, 1.82) is 0 Å². The van der Waals surface area contributed by atoms with Gasteiger partial charge in [-0.05, 0) is 19.1 Å². The number of esters is 1. The van der Waals surface area contributed by atoms with Crippen LogP contribution in [0.15, 0.2) is 24.5 Å². The highest BCUT2D eigenvalue weighted by Gasteiger charge is 2.19. The molecule has 1 heterocycles. The van der Waals surface area contributed by atoms with Crippen molar-refractivity contribution >= 4 is 23.8 Å². The first kappa shape index (κ1) is 18.1. The second kappa shape index (κ2) is 9.13. The normalized spacial score (nSPS) is 11.0. The maximum atomic E-state index is 11.7. The van der Waals surface area contributed by atoms with Gasteiger partial charge < -0.3 is 15.4 Å². The molecule has 0 fully saturated rings. The maximum Gasteiger partial charge on any atom is 0.321 e. The molecule has 124 valence electrons. The standard InChI is InChI=1S/C14H18N4O5/c1-9(12(20)18-14(22)15-2)23-11(19)5-8-17-13(21)10-3-6-16-7-4-10/h3-4,6-7,9H,5,8H2,1-2H3,(H,17,21)(H2,15,18,20,22)/t9-/m0/s1. The highest BCUT2D eigenvalue weighted by atomic mass is 16.5. The lowest BCUT2D eigenvalue weighted by atomic mass is 10.2. The summed E-state index contributed by atoms with van der Waals surface area (Å²) in [5.41, 5.74) is 0.423. The van der Waals surface area contributed by atoms with E-state index in [0.717, 1.165) is 0 Å². The van der Waals surface area contributed by atoms with Crippen molar-refractivity contribution in [2.24, 2.45) is 0 Å². The number of aromatic nitrogens is 1. The van der Waals surface area contributed by atoms with Crippen molar-refractivity contribution in [3.05, 3.63) is 30.1 Å². The molecule has 0 bridgehead atoms. The number of nitrogens with zero attached hydrogens (tertiary/aromatic N) is 1. The van der Waals surface area contributed by atoms with E-state index in [2.05, 4.69) is 15.6 Å². The Morgan fingerprint density at radius 1 is 1.22 bits per heavy atom. The first-order valence-corrected chi connectivity index (χ1v) is 6.84. The van der Waals surface area contributed by atoms with Crippen LogP contribution in [0.3, 0.4) is 0 Å². The fraction of sp³-hybridized carbons (Fsp3) is 0.357. The van der Waals surface area contributed by atoms with Crippen LogP contribution in [0.1, 0.15) is 23.7 Å². The number of hydrogen-bond donors (Lipinski definition) is 3. The molecule has 0 aliphatic heterocycles. The highest BCUT2D eigenvalue weighted by Crippen LogP contribution is 1.97. The van der Waals surface area contributed by atoms with Crippen LogP contribution in [-0.4, -0.2) is 48.5 Å². The second-order valence-corrected chi connectivity index (χ2v) is 4.44. The van der Waals surface area contributed by atoms with Gasteiger partial charge in [-0.2, -0.15) is 0 Å². The average molecular weight is 322 g/mol. The van der Waals surface area contributed by atoms with Crippen molar-refractivity contribution in [3.8, 4) is 0 Å². The van der Waals surface area contributed by atoms with Crippen LogP contribution in [0, 0.1) is 0 Å². The molecule has 1 rings (SSSR count). The van der Waals surface area contributed by atoms with Crippen LogP contribution in [0.2, 0.25) is 0 Å². The van der Waals surface area contributed by atoms with Crippen LogP contribution in [-0.2, 0) is 14.3 Å². The molecule has 0 saturated carbocycles. The fourth-order valence-corrected chi connectivity index (χ4v) is 1.47. The van der Waals surface area contributed by atoms with Crippen LogP contribution in [0.4, 0.5) is 4.79 Å². The Morgan fingerprint density at radius 2 is 1.87 bits per heavy atom. The lowest BCUT2D eigenvalue weighted by Gasteiger charge is -2.12. The number of hydrogen-bond acceptors (Lipinski definition) is 6. The summed E-state index contributed by atoms with van der Waals surface area (Å²) in [7, 11) is 1.35. The molecule has 0 unspecified atom stereocenters. The summed E-state index contributed by atoms with van der Waals surface area (Å²) in [6.45, 7) is 1.40. The fourth-order valence-electron chi connectivity index (χ4n) is 1.47. The van der Waals surface area contributed by atoms with Gasteiger partial charge in [-0.25, -0.2) is 4.79 Å². The molecule has 0 aliphatic rings. The smallest absolute Gasteiger partial charge is 0.321 e. The van der Waals surface area contributed by atoms with Gasteiger partial charge >= 0.3 is 12.0 Å². The Balaban J connectivity index is 2.30. The van der Waals surface area contributed by atoms with Gasteiger partial charge in [-0.15, -0.1) is 0 Å². The van der Waals surface area contributed by atoms with E-state index < -0.39 is 24.0 Å². The predicted molar refractivity (Wildman–Crippen MR) is 79.3 cm³/mol. The van der Waals surface area contributed by atoms with E-state index in [4.69, 9.17) is 4.74 Å². The summed E-state index contributed by atoms with van der Waals surface area (Å²) in [4.78, 5) is 49.5. The van der Waals surface area contributed by atoms with Gasteiger partial charge in [-0.3, -0.25) is 24.7 Å². The zero-order valence-electron chi connectivity index (χ0n) is 12.8. The Morgan fingerprint density at radius 3 is 2.48 bits per heavy atom. The van der Waals surface area contributed by atoms with Crippen LogP contribution in [0.25, 0.3) is 0 Å². The molecule has 1 aromatic rings. The van der Waals surface area contributed by atoms with Gasteiger partial charge in [0.15, 0.2) is 6.10 Å². The Hall–Kier alpha value is -2.97. The van der Waals surface area contributed by atoms with Crippen molar-refractivity contribution in [2.45, 2.75) is 19.4 Å². The van der Waals surface area contributed by atoms with Gasteiger partial charge in [0, 0.05) is 31.5 Å². The van der Waals surface area contributed by atoms with Crippen molar-refractivity contribution in [3.63, 3.8) is 0 Å². The van der Waals surface area contributed by atoms with Gasteiger partial charge in [0.05, 0.1) is 6.42 Å². The molecule has 0 spiro atoms. The van der Waals surface area contributed by atoms with Crippen LogP contribution < -0.4 is 16.0 Å². The number of ether oxygens (including phenoxy) is 1. The van der Waals surface area contributed by atoms with Gasteiger partial charge in [0.2, 0.25) is 0 Å². The van der Waals surface area contributed by atoms with E-state index >= 15 is 0 Å². The second-order valence-electron chi connectivity index (χ2n) is 4.44. The predicted octanol–water partition coefficient (Wildman–Crippen LogP) is -0.411. The number of imide groups is 1. The summed E-state index contributed by atoms with van der Waals surface area (Å²) < 4.78 is 4.85. The van der Waals surface area contributed by atoms with E-state index in [1.807, 2.05) is 5.32 Å². The molecule has 0 radical (unpaired) electrons. The van der Waals surface area contributed by atoms with Crippen molar-refractivity contribution in [1.82, 2.24) is 20.9 Å². The molecular weight excluding hydrogens is 304 g/mol. The first-order valence-electron chi connectivity index (χ1n) is 6.84. The van der Waals surface area contributed by atoms with E-state index in [1.54, 1.807) is 12.1 Å². The van der Waals surface area contributed by atoms with Gasteiger partial charge in [0.25, 0.3) is 11.8 Å². The molecule has 9 nitrogen and oxygen atoms in total. The third-order valence-corrected chi connectivity index (χ3v) is 2.70. The number of carbonyl (C=O) groups excluding carboxylic acids is 4. The number of urea groups is 1. The quantitative estimate of drug-likeness (QED) is 0.611. The molecule has 1 aromatic heterocycles. The average Bonchev–Trinajstić information content (AvgIpc) is 2.55.